The molecule has 2 N–H and O–H groups in total. The van der Waals surface area contributed by atoms with Crippen molar-refractivity contribution in [3.8, 4) is 0 Å². The highest BCUT2D eigenvalue weighted by molar-refractivity contribution is 5.78. The molecule has 1 saturated heterocycles. The zero-order chi connectivity index (χ0) is 25.6. The Kier molecular flexibility index (Phi) is 20.4. The van der Waals surface area contributed by atoms with Crippen molar-refractivity contribution in [2.24, 2.45) is 0 Å². The van der Waals surface area contributed by atoms with Gasteiger partial charge in [-0.3, -0.25) is 9.59 Å². The Bertz CT molecular complexity index is 524. The number of carbonyl (C=O) groups is 2. The van der Waals surface area contributed by atoms with Crippen LogP contribution < -0.4 is 0 Å². The molecule has 0 saturated carbocycles. The van der Waals surface area contributed by atoms with Gasteiger partial charge in [-0.05, 0) is 25.7 Å². The minimum Gasteiger partial charge on any atom is -0.394 e. The molecule has 1 amide bonds. The van der Waals surface area contributed by atoms with E-state index in [2.05, 4.69) is 6.92 Å². The van der Waals surface area contributed by atoms with Gasteiger partial charge in [-0.1, -0.05) is 110 Å². The fourth-order valence-electron chi connectivity index (χ4n) is 5.28. The number of Topliss-reactive ketones (excluding diaryl/α,β-unsaturated/α-hetero) is 1. The van der Waals surface area contributed by atoms with Gasteiger partial charge < -0.3 is 15.1 Å². The van der Waals surface area contributed by atoms with E-state index in [-0.39, 0.29) is 18.6 Å². The number of hydrogen-bond donors (Lipinski definition) is 2. The Hall–Kier alpha value is -0.940. The monoisotopic (exact) mass is 495 g/mol. The van der Waals surface area contributed by atoms with E-state index in [9.17, 15) is 19.8 Å². The van der Waals surface area contributed by atoms with E-state index in [4.69, 9.17) is 0 Å². The third kappa shape index (κ3) is 17.2. The number of aliphatic hydroxyl groups is 2. The number of amides is 1. The summed E-state index contributed by atoms with van der Waals surface area (Å²) >= 11 is 0. The number of rotatable bonds is 24. The lowest BCUT2D eigenvalue weighted by atomic mass is 10.0. The topological polar surface area (TPSA) is 77.8 Å². The standard InChI is InChI=1S/C30H57NO4/c1-2-3-4-5-6-7-8-9-10-11-12-13-14-15-18-21-28(33)22-19-16-17-20-23-30(35)31-25-29(34)24-27(31)26-32/h27,29,32,34H,2-26H2,1H3/t27-,29+/m0/s1. The molecule has 5 nitrogen and oxygen atoms in total. The first-order chi connectivity index (χ1) is 17.1. The Morgan fingerprint density at radius 1 is 0.657 bits per heavy atom. The number of β-amino-alcohol motifs (C(OH)–C–C–N with tert-alkyl or cyclic N) is 1. The van der Waals surface area contributed by atoms with Gasteiger partial charge in [0.15, 0.2) is 0 Å². The van der Waals surface area contributed by atoms with Crippen molar-refractivity contribution in [3.05, 3.63) is 0 Å². The van der Waals surface area contributed by atoms with Crippen molar-refractivity contribution < 1.29 is 19.8 Å². The van der Waals surface area contributed by atoms with Crippen molar-refractivity contribution in [2.45, 2.75) is 167 Å². The fraction of sp³-hybridized carbons (Fsp3) is 0.933. The Morgan fingerprint density at radius 2 is 1.06 bits per heavy atom. The molecule has 0 spiro atoms. The Labute approximate surface area is 216 Å². The highest BCUT2D eigenvalue weighted by Crippen LogP contribution is 2.20. The molecule has 0 unspecified atom stereocenters. The van der Waals surface area contributed by atoms with E-state index in [0.717, 1.165) is 38.5 Å². The van der Waals surface area contributed by atoms with Crippen LogP contribution in [0.1, 0.15) is 155 Å². The van der Waals surface area contributed by atoms with E-state index < -0.39 is 6.10 Å². The van der Waals surface area contributed by atoms with Gasteiger partial charge in [-0.15, -0.1) is 0 Å². The molecule has 1 fully saturated rings. The van der Waals surface area contributed by atoms with Crippen molar-refractivity contribution in [3.63, 3.8) is 0 Å². The number of hydrogen-bond acceptors (Lipinski definition) is 4. The molecule has 0 aromatic rings. The molecule has 0 aliphatic carbocycles. The summed E-state index contributed by atoms with van der Waals surface area (Å²) in [4.78, 5) is 26.0. The number of aliphatic hydroxyl groups excluding tert-OH is 2. The molecule has 2 atom stereocenters. The molecule has 0 bridgehead atoms. The van der Waals surface area contributed by atoms with E-state index in [1.165, 1.54) is 89.9 Å². The molecule has 1 aliphatic heterocycles. The second-order valence-electron chi connectivity index (χ2n) is 10.9. The van der Waals surface area contributed by atoms with Crippen LogP contribution in [0, 0.1) is 0 Å². The van der Waals surface area contributed by atoms with Gasteiger partial charge in [0, 0.05) is 25.8 Å². The average Bonchev–Trinajstić information content (AvgIpc) is 3.24. The number of nitrogens with zero attached hydrogens (tertiary/aromatic N) is 1. The minimum absolute atomic E-state index is 0.0323. The molecule has 1 heterocycles. The van der Waals surface area contributed by atoms with Gasteiger partial charge in [-0.2, -0.15) is 0 Å². The maximum Gasteiger partial charge on any atom is 0.222 e. The van der Waals surface area contributed by atoms with Gasteiger partial charge in [0.1, 0.15) is 5.78 Å². The van der Waals surface area contributed by atoms with Gasteiger partial charge in [0.05, 0.1) is 18.8 Å². The Morgan fingerprint density at radius 3 is 1.49 bits per heavy atom. The van der Waals surface area contributed by atoms with Gasteiger partial charge >= 0.3 is 0 Å². The summed E-state index contributed by atoms with van der Waals surface area (Å²) in [7, 11) is 0. The van der Waals surface area contributed by atoms with Gasteiger partial charge in [0.25, 0.3) is 0 Å². The largest absolute Gasteiger partial charge is 0.394 e. The molecule has 5 heteroatoms. The quantitative estimate of drug-likeness (QED) is 0.140. The molecular weight excluding hydrogens is 438 g/mol. The Balaban J connectivity index is 1.81. The third-order valence-electron chi connectivity index (χ3n) is 7.58. The van der Waals surface area contributed by atoms with Crippen LogP contribution in [0.25, 0.3) is 0 Å². The first kappa shape index (κ1) is 32.1. The van der Waals surface area contributed by atoms with E-state index in [0.29, 0.717) is 31.6 Å². The van der Waals surface area contributed by atoms with Gasteiger partial charge in [0.2, 0.25) is 5.91 Å². The molecule has 0 aromatic carbocycles. The zero-order valence-corrected chi connectivity index (χ0v) is 23.0. The van der Waals surface area contributed by atoms with Crippen LogP contribution in [-0.2, 0) is 9.59 Å². The number of unbranched alkanes of at least 4 members (excludes halogenated alkanes) is 17. The molecule has 1 rings (SSSR count). The molecule has 0 radical (unpaired) electrons. The van der Waals surface area contributed by atoms with Crippen LogP contribution in [0.15, 0.2) is 0 Å². The SMILES string of the molecule is CCCCCCCCCCCCCCCCCC(=O)CCCCCCC(=O)N1C[C@H](O)C[C@H]1CO. The predicted octanol–water partition coefficient (Wildman–Crippen LogP) is 7.11. The van der Waals surface area contributed by atoms with E-state index in [1.807, 2.05) is 0 Å². The lowest BCUT2D eigenvalue weighted by Gasteiger charge is -2.22. The molecular formula is C30H57NO4. The molecule has 206 valence electrons. The summed E-state index contributed by atoms with van der Waals surface area (Å²) in [5.74, 6) is 0.428. The first-order valence-electron chi connectivity index (χ1n) is 15.2. The summed E-state index contributed by atoms with van der Waals surface area (Å²) in [6.07, 6.45) is 25.7. The van der Waals surface area contributed by atoms with Crippen LogP contribution >= 0.6 is 0 Å². The van der Waals surface area contributed by atoms with Crippen molar-refractivity contribution in [1.82, 2.24) is 4.90 Å². The highest BCUT2D eigenvalue weighted by atomic mass is 16.3. The summed E-state index contributed by atoms with van der Waals surface area (Å²) < 4.78 is 0. The third-order valence-corrected chi connectivity index (χ3v) is 7.58. The van der Waals surface area contributed by atoms with Crippen LogP contribution in [0.5, 0.6) is 0 Å². The van der Waals surface area contributed by atoms with Crippen LogP contribution in [0.3, 0.4) is 0 Å². The summed E-state index contributed by atoms with van der Waals surface area (Å²) in [5, 5.41) is 19.0. The van der Waals surface area contributed by atoms with Crippen molar-refractivity contribution in [1.29, 1.82) is 0 Å². The fourth-order valence-corrected chi connectivity index (χ4v) is 5.28. The molecule has 35 heavy (non-hydrogen) atoms. The van der Waals surface area contributed by atoms with E-state index in [1.54, 1.807) is 4.90 Å². The predicted molar refractivity (Wildman–Crippen MR) is 145 cm³/mol. The first-order valence-corrected chi connectivity index (χ1v) is 15.2. The second-order valence-corrected chi connectivity index (χ2v) is 10.9. The van der Waals surface area contributed by atoms with Crippen LogP contribution in [0.2, 0.25) is 0 Å². The molecule has 1 aliphatic rings. The number of carbonyl (C=O) groups excluding carboxylic acids is 2. The van der Waals surface area contributed by atoms with Gasteiger partial charge in [-0.25, -0.2) is 0 Å². The number of ketones is 1. The van der Waals surface area contributed by atoms with Crippen molar-refractivity contribution in [2.75, 3.05) is 13.2 Å². The summed E-state index contributed by atoms with van der Waals surface area (Å²) in [6.45, 7) is 2.54. The normalized spacial score (nSPS) is 17.9. The summed E-state index contributed by atoms with van der Waals surface area (Å²) in [5.41, 5.74) is 0. The van der Waals surface area contributed by atoms with Crippen LogP contribution in [-0.4, -0.2) is 52.1 Å². The lowest BCUT2D eigenvalue weighted by Crippen LogP contribution is -2.37. The smallest absolute Gasteiger partial charge is 0.222 e. The highest BCUT2D eigenvalue weighted by Gasteiger charge is 2.33. The summed E-state index contributed by atoms with van der Waals surface area (Å²) in [6, 6.07) is -0.227. The maximum atomic E-state index is 12.3. The van der Waals surface area contributed by atoms with Crippen LogP contribution in [0.4, 0.5) is 0 Å². The number of likely N-dealkylation sites (tertiary alicyclic amines) is 1. The lowest BCUT2D eigenvalue weighted by molar-refractivity contribution is -0.133. The average molecular weight is 496 g/mol. The maximum absolute atomic E-state index is 12.3. The molecule has 0 aromatic heterocycles. The second kappa shape index (κ2) is 22.3. The van der Waals surface area contributed by atoms with Crippen molar-refractivity contribution >= 4 is 11.7 Å². The van der Waals surface area contributed by atoms with E-state index >= 15 is 0 Å². The zero-order valence-electron chi connectivity index (χ0n) is 23.0. The minimum atomic E-state index is -0.508.